The summed E-state index contributed by atoms with van der Waals surface area (Å²) in [4.78, 5) is 26.3. The van der Waals surface area contributed by atoms with Gasteiger partial charge in [0.25, 0.3) is 5.56 Å². The average Bonchev–Trinajstić information content (AvgIpc) is 3.86. The second-order valence-electron chi connectivity index (χ2n) is 14.0. The Kier molecular flexibility index (Phi) is 9.43. The van der Waals surface area contributed by atoms with E-state index in [2.05, 4.69) is 15.1 Å². The number of ether oxygens (including phenoxy) is 2. The Bertz CT molecular complexity index is 2140. The number of benzene rings is 2. The monoisotopic (exact) mass is 731 g/mol. The van der Waals surface area contributed by atoms with Crippen molar-refractivity contribution in [3.8, 4) is 11.4 Å². The number of anilines is 1. The van der Waals surface area contributed by atoms with Gasteiger partial charge in [-0.05, 0) is 54.9 Å². The van der Waals surface area contributed by atoms with E-state index >= 15 is 0 Å². The van der Waals surface area contributed by atoms with E-state index < -0.39 is 41.4 Å². The van der Waals surface area contributed by atoms with E-state index in [4.69, 9.17) is 9.47 Å². The molecule has 53 heavy (non-hydrogen) atoms. The average molecular weight is 732 g/mol. The van der Waals surface area contributed by atoms with Crippen molar-refractivity contribution in [2.45, 2.75) is 75.4 Å². The summed E-state index contributed by atoms with van der Waals surface area (Å²) in [6.07, 6.45) is 2.21. The Balaban J connectivity index is 1.00. The molecule has 2 N–H and O–H groups in total. The number of β-amino-alcohol motifs (C(OH)–C–C–N with tert-alkyl or cyclic N) is 1. The van der Waals surface area contributed by atoms with Crippen LogP contribution in [0.1, 0.15) is 54.0 Å². The van der Waals surface area contributed by atoms with Crippen LogP contribution in [-0.4, -0.2) is 90.7 Å². The first-order valence-corrected chi connectivity index (χ1v) is 17.8. The zero-order valence-corrected chi connectivity index (χ0v) is 29.1. The minimum absolute atomic E-state index is 0.148. The molecule has 3 fully saturated rings. The van der Waals surface area contributed by atoms with Gasteiger partial charge in [-0.3, -0.25) is 9.69 Å². The number of aliphatic hydroxyl groups excluding tert-OH is 2. The minimum Gasteiger partial charge on any atom is -0.497 e. The summed E-state index contributed by atoms with van der Waals surface area (Å²) in [6, 6.07) is 13.4. The first kappa shape index (κ1) is 35.2. The van der Waals surface area contributed by atoms with Gasteiger partial charge in [-0.25, -0.2) is 14.6 Å². The van der Waals surface area contributed by atoms with Crippen molar-refractivity contribution in [3.63, 3.8) is 0 Å². The van der Waals surface area contributed by atoms with Crippen LogP contribution in [0.25, 0.3) is 16.5 Å². The maximum atomic E-state index is 14.7. The molecule has 0 bridgehead atoms. The number of aromatic nitrogens is 5. The van der Waals surface area contributed by atoms with Crippen LogP contribution in [0, 0.1) is 0 Å². The van der Waals surface area contributed by atoms with Crippen LogP contribution < -0.4 is 15.2 Å². The Labute approximate surface area is 303 Å². The fourth-order valence-corrected chi connectivity index (χ4v) is 7.63. The first-order chi connectivity index (χ1) is 25.6. The molecule has 0 amide bonds. The van der Waals surface area contributed by atoms with Crippen molar-refractivity contribution in [2.24, 2.45) is 0 Å². The molecular weight excluding hydrogens is 691 g/mol. The smallest absolute Gasteiger partial charge is 0.423 e. The van der Waals surface area contributed by atoms with Crippen LogP contribution in [-0.2, 0) is 24.1 Å². The number of methoxy groups -OCH3 is 1. The fourth-order valence-electron chi connectivity index (χ4n) is 7.63. The van der Waals surface area contributed by atoms with Gasteiger partial charge >= 0.3 is 6.18 Å². The standard InChI is InChI=1S/C38H40F3N7O5/c1-52-27-10-6-23(7-11-27)19-48-36(51)34(38(39,40)41)30(18-44-48)47-20-25-4-2-3-5-28(25)31(47)22-53-33-13-15-46(35(33)50)29-12-14-45(21-32(29)49)37-42-16-26(17-43-37)24-8-9-24/h2-7,10-11,16-18,20,24,29,32-33,35,49-50H,8-9,12-15,19,21-22H2,1H3/t29-,32-,33-,35-/m1/s1. The molecule has 2 aliphatic heterocycles. The highest BCUT2D eigenvalue weighted by atomic mass is 19.4. The van der Waals surface area contributed by atoms with Crippen LogP contribution in [0.15, 0.2) is 78.1 Å². The third-order valence-corrected chi connectivity index (χ3v) is 10.6. The minimum atomic E-state index is -4.99. The molecule has 1 aliphatic carbocycles. The van der Waals surface area contributed by atoms with Gasteiger partial charge in [-0.2, -0.15) is 18.3 Å². The van der Waals surface area contributed by atoms with Crippen LogP contribution >= 0.6 is 0 Å². The molecule has 2 saturated heterocycles. The lowest BCUT2D eigenvalue weighted by atomic mass is 10.0. The second kappa shape index (κ2) is 14.2. The molecule has 0 radical (unpaired) electrons. The van der Waals surface area contributed by atoms with Crippen LogP contribution in [0.5, 0.6) is 5.75 Å². The Morgan fingerprint density at radius 1 is 0.943 bits per heavy atom. The number of piperidine rings is 1. The molecule has 2 aromatic carbocycles. The van der Waals surface area contributed by atoms with Crippen molar-refractivity contribution in [3.05, 3.63) is 106 Å². The van der Waals surface area contributed by atoms with Crippen molar-refractivity contribution >= 4 is 16.7 Å². The number of alkyl halides is 3. The lowest BCUT2D eigenvalue weighted by molar-refractivity contribution is -0.139. The van der Waals surface area contributed by atoms with Gasteiger partial charge in [0.1, 0.15) is 17.5 Å². The van der Waals surface area contributed by atoms with Crippen molar-refractivity contribution in [2.75, 3.05) is 31.6 Å². The van der Waals surface area contributed by atoms with Crippen molar-refractivity contribution in [1.29, 1.82) is 0 Å². The highest BCUT2D eigenvalue weighted by Crippen LogP contribution is 2.40. The lowest BCUT2D eigenvalue weighted by Gasteiger charge is -2.41. The third kappa shape index (κ3) is 7.01. The van der Waals surface area contributed by atoms with Gasteiger partial charge in [-0.1, -0.05) is 36.4 Å². The zero-order valence-electron chi connectivity index (χ0n) is 29.1. The number of hydrogen-bond donors (Lipinski definition) is 2. The van der Waals surface area contributed by atoms with E-state index in [0.29, 0.717) is 72.1 Å². The van der Waals surface area contributed by atoms with Gasteiger partial charge in [0.15, 0.2) is 0 Å². The van der Waals surface area contributed by atoms with Crippen LogP contribution in [0.2, 0.25) is 0 Å². The molecule has 0 spiro atoms. The molecule has 15 heteroatoms. The van der Waals surface area contributed by atoms with Crippen LogP contribution in [0.3, 0.4) is 0 Å². The number of nitrogens with zero attached hydrogens (tertiary/aromatic N) is 7. The van der Waals surface area contributed by atoms with E-state index in [9.17, 15) is 28.2 Å². The normalized spacial score (nSPS) is 22.5. The van der Waals surface area contributed by atoms with E-state index in [-0.39, 0.29) is 19.2 Å². The summed E-state index contributed by atoms with van der Waals surface area (Å²) >= 11 is 0. The van der Waals surface area contributed by atoms with E-state index in [1.807, 2.05) is 22.2 Å². The second-order valence-corrected chi connectivity index (χ2v) is 14.0. The lowest BCUT2D eigenvalue weighted by Crippen LogP contribution is -2.56. The van der Waals surface area contributed by atoms with Crippen molar-refractivity contribution < 1.29 is 32.9 Å². The summed E-state index contributed by atoms with van der Waals surface area (Å²) in [6.45, 7) is 1.07. The molecule has 5 aromatic rings. The highest BCUT2D eigenvalue weighted by molar-refractivity contribution is 5.86. The summed E-state index contributed by atoms with van der Waals surface area (Å²) in [7, 11) is 1.51. The highest BCUT2D eigenvalue weighted by Gasteiger charge is 2.43. The number of halogens is 3. The van der Waals surface area contributed by atoms with Crippen LogP contribution in [0.4, 0.5) is 19.1 Å². The van der Waals surface area contributed by atoms with Gasteiger partial charge in [0.2, 0.25) is 5.95 Å². The third-order valence-electron chi connectivity index (χ3n) is 10.6. The SMILES string of the molecule is COc1ccc(Cn2ncc(-n3cc4ccccc4c3CO[C@@H]3CCN([C@@H]4CCN(c5ncc(C6CC6)cn5)C[C@H]4O)[C@@H]3O)c(C(F)(F)F)c2=O)cc1. The van der Waals surface area contributed by atoms with E-state index in [1.165, 1.54) is 17.9 Å². The quantitative estimate of drug-likeness (QED) is 0.212. The Morgan fingerprint density at radius 3 is 2.40 bits per heavy atom. The molecule has 278 valence electrons. The fraction of sp³-hybridized carbons (Fsp3) is 0.421. The largest absolute Gasteiger partial charge is 0.497 e. The predicted molar refractivity (Wildman–Crippen MR) is 189 cm³/mol. The number of rotatable bonds is 10. The Hall–Kier alpha value is -4.83. The number of fused-ring (bicyclic) bond motifs is 1. The van der Waals surface area contributed by atoms with E-state index in [0.717, 1.165) is 29.3 Å². The molecule has 12 nitrogen and oxygen atoms in total. The molecule has 0 unspecified atom stereocenters. The number of aliphatic hydroxyl groups is 2. The van der Waals surface area contributed by atoms with E-state index in [1.54, 1.807) is 48.5 Å². The molecule has 3 aromatic heterocycles. The Morgan fingerprint density at radius 2 is 1.70 bits per heavy atom. The molecule has 4 atom stereocenters. The number of likely N-dealkylation sites (tertiary alicyclic amines) is 1. The number of hydrogen-bond acceptors (Lipinski definition) is 10. The van der Waals surface area contributed by atoms with Gasteiger partial charge in [-0.15, -0.1) is 0 Å². The molecule has 1 saturated carbocycles. The van der Waals surface area contributed by atoms with Crippen molar-refractivity contribution in [1.82, 2.24) is 29.2 Å². The molecule has 5 heterocycles. The predicted octanol–water partition coefficient (Wildman–Crippen LogP) is 4.48. The molecule has 3 aliphatic rings. The van der Waals surface area contributed by atoms with Gasteiger partial charge < -0.3 is 29.2 Å². The summed E-state index contributed by atoms with van der Waals surface area (Å²) < 4.78 is 57.7. The maximum absolute atomic E-state index is 14.7. The summed E-state index contributed by atoms with van der Waals surface area (Å²) in [5.74, 6) is 1.70. The molecular formula is C38H40F3N7O5. The van der Waals surface area contributed by atoms with Gasteiger partial charge in [0, 0.05) is 55.0 Å². The summed E-state index contributed by atoms with van der Waals surface area (Å²) in [5, 5.41) is 28.1. The first-order valence-electron chi connectivity index (χ1n) is 17.8. The molecule has 8 rings (SSSR count). The van der Waals surface area contributed by atoms with Gasteiger partial charge in [0.05, 0.1) is 50.0 Å². The topological polar surface area (TPSA) is 131 Å². The zero-order chi connectivity index (χ0) is 36.9. The summed E-state index contributed by atoms with van der Waals surface area (Å²) in [5.41, 5.74) is -0.939. The maximum Gasteiger partial charge on any atom is 0.423 e.